The summed E-state index contributed by atoms with van der Waals surface area (Å²) >= 11 is 0. The lowest BCUT2D eigenvalue weighted by Crippen LogP contribution is -2.14. The molecule has 1 aromatic heterocycles. The van der Waals surface area contributed by atoms with E-state index in [-0.39, 0.29) is 0 Å². The first-order valence-electron chi connectivity index (χ1n) is 6.00. The maximum Gasteiger partial charge on any atom is 0.147 e. The van der Waals surface area contributed by atoms with Crippen LogP contribution in [0.25, 0.3) is 0 Å². The number of hydrogen-bond acceptors (Lipinski definition) is 4. The molecular formula is C11H22N4OS. The summed E-state index contributed by atoms with van der Waals surface area (Å²) in [6, 6.07) is 0. The van der Waals surface area contributed by atoms with Crippen LogP contribution in [-0.2, 0) is 24.3 Å². The molecule has 1 rings (SSSR count). The normalized spacial score (nSPS) is 12.6. The fraction of sp³-hybridized carbons (Fsp3) is 0.727. The SMILES string of the molecule is CCCc1nn(C)c(NCCS(=O)CC)c1N. The average molecular weight is 258 g/mol. The molecule has 0 saturated carbocycles. The zero-order valence-electron chi connectivity index (χ0n) is 10.8. The van der Waals surface area contributed by atoms with E-state index in [9.17, 15) is 4.21 Å². The Morgan fingerprint density at radius 2 is 2.18 bits per heavy atom. The minimum absolute atomic E-state index is 0.643. The lowest BCUT2D eigenvalue weighted by Gasteiger charge is -2.06. The van der Waals surface area contributed by atoms with Crippen LogP contribution in [0.4, 0.5) is 11.5 Å². The van der Waals surface area contributed by atoms with Crippen LogP contribution in [0.1, 0.15) is 26.0 Å². The van der Waals surface area contributed by atoms with E-state index in [2.05, 4.69) is 17.3 Å². The number of aromatic nitrogens is 2. The van der Waals surface area contributed by atoms with Gasteiger partial charge in [0, 0.05) is 35.9 Å². The number of nitrogens with zero attached hydrogens (tertiary/aromatic N) is 2. The second kappa shape index (κ2) is 6.64. The first kappa shape index (κ1) is 14.0. The Bertz CT molecular complexity index is 389. The summed E-state index contributed by atoms with van der Waals surface area (Å²) in [7, 11) is 1.13. The topological polar surface area (TPSA) is 72.9 Å². The minimum atomic E-state index is -0.743. The van der Waals surface area contributed by atoms with Gasteiger partial charge >= 0.3 is 0 Å². The van der Waals surface area contributed by atoms with Crippen molar-refractivity contribution >= 4 is 22.3 Å². The van der Waals surface area contributed by atoms with E-state index in [0.717, 1.165) is 30.0 Å². The summed E-state index contributed by atoms with van der Waals surface area (Å²) in [5.41, 5.74) is 7.68. The van der Waals surface area contributed by atoms with E-state index in [1.165, 1.54) is 0 Å². The van der Waals surface area contributed by atoms with Gasteiger partial charge in [0.2, 0.25) is 0 Å². The van der Waals surface area contributed by atoms with Gasteiger partial charge in [0.05, 0.1) is 11.4 Å². The lowest BCUT2D eigenvalue weighted by molar-refractivity contribution is 0.683. The molecule has 0 radical (unpaired) electrons. The molecule has 1 unspecified atom stereocenters. The second-order valence-electron chi connectivity index (χ2n) is 3.94. The third kappa shape index (κ3) is 3.73. The largest absolute Gasteiger partial charge is 0.394 e. The summed E-state index contributed by atoms with van der Waals surface area (Å²) in [5, 5.41) is 7.58. The number of aryl methyl sites for hydroxylation is 2. The van der Waals surface area contributed by atoms with Crippen molar-refractivity contribution in [2.75, 3.05) is 29.1 Å². The number of hydrogen-bond donors (Lipinski definition) is 2. The van der Waals surface area contributed by atoms with E-state index in [0.29, 0.717) is 18.1 Å². The predicted octanol–water partition coefficient (Wildman–Crippen LogP) is 1.14. The van der Waals surface area contributed by atoms with Crippen molar-refractivity contribution in [3.05, 3.63) is 5.69 Å². The van der Waals surface area contributed by atoms with Gasteiger partial charge < -0.3 is 11.1 Å². The number of nitrogen functional groups attached to an aromatic ring is 1. The molecule has 98 valence electrons. The van der Waals surface area contributed by atoms with Gasteiger partial charge in [-0.25, -0.2) is 0 Å². The molecule has 1 atom stereocenters. The van der Waals surface area contributed by atoms with Crippen LogP contribution in [0, 0.1) is 0 Å². The van der Waals surface area contributed by atoms with Crippen molar-refractivity contribution < 1.29 is 4.21 Å². The molecule has 6 heteroatoms. The molecule has 17 heavy (non-hydrogen) atoms. The standard InChI is InChI=1S/C11H22N4OS/c1-4-6-9-10(12)11(15(3)14-9)13-7-8-17(16)5-2/h13H,4-8,12H2,1-3H3. The highest BCUT2D eigenvalue weighted by Gasteiger charge is 2.11. The van der Waals surface area contributed by atoms with Crippen molar-refractivity contribution in [1.29, 1.82) is 0 Å². The van der Waals surface area contributed by atoms with Gasteiger partial charge in [-0.15, -0.1) is 0 Å². The van der Waals surface area contributed by atoms with Crippen molar-refractivity contribution in [3.8, 4) is 0 Å². The van der Waals surface area contributed by atoms with Crippen LogP contribution < -0.4 is 11.1 Å². The maximum atomic E-state index is 11.3. The van der Waals surface area contributed by atoms with Crippen LogP contribution in [0.2, 0.25) is 0 Å². The van der Waals surface area contributed by atoms with Gasteiger partial charge in [-0.1, -0.05) is 20.3 Å². The van der Waals surface area contributed by atoms with Crippen molar-refractivity contribution in [2.24, 2.45) is 7.05 Å². The van der Waals surface area contributed by atoms with E-state index >= 15 is 0 Å². The quantitative estimate of drug-likeness (QED) is 0.769. The van der Waals surface area contributed by atoms with Gasteiger partial charge in [0.15, 0.2) is 0 Å². The zero-order valence-corrected chi connectivity index (χ0v) is 11.6. The Hall–Kier alpha value is -1.04. The summed E-state index contributed by atoms with van der Waals surface area (Å²) in [6.07, 6.45) is 1.92. The smallest absolute Gasteiger partial charge is 0.147 e. The number of anilines is 2. The third-order valence-electron chi connectivity index (χ3n) is 2.59. The van der Waals surface area contributed by atoms with Crippen molar-refractivity contribution in [3.63, 3.8) is 0 Å². The van der Waals surface area contributed by atoms with Gasteiger partial charge in [0.1, 0.15) is 5.82 Å². The fourth-order valence-electron chi connectivity index (χ4n) is 1.65. The van der Waals surface area contributed by atoms with E-state index < -0.39 is 10.8 Å². The predicted molar refractivity (Wildman–Crippen MR) is 73.7 cm³/mol. The summed E-state index contributed by atoms with van der Waals surface area (Å²) < 4.78 is 13.1. The van der Waals surface area contributed by atoms with Gasteiger partial charge in [-0.05, 0) is 6.42 Å². The van der Waals surface area contributed by atoms with Gasteiger partial charge in [-0.2, -0.15) is 5.10 Å². The summed E-state index contributed by atoms with van der Waals surface area (Å²) in [4.78, 5) is 0. The summed E-state index contributed by atoms with van der Waals surface area (Å²) in [5.74, 6) is 2.18. The highest BCUT2D eigenvalue weighted by atomic mass is 32.2. The Morgan fingerprint density at radius 3 is 2.76 bits per heavy atom. The molecule has 0 amide bonds. The number of rotatable bonds is 7. The van der Waals surface area contributed by atoms with E-state index in [1.54, 1.807) is 4.68 Å². The Morgan fingerprint density at radius 1 is 1.47 bits per heavy atom. The molecule has 3 N–H and O–H groups in total. The third-order valence-corrected chi connectivity index (χ3v) is 3.89. The monoisotopic (exact) mass is 258 g/mol. The molecule has 0 aliphatic carbocycles. The van der Waals surface area contributed by atoms with Crippen molar-refractivity contribution in [2.45, 2.75) is 26.7 Å². The first-order chi connectivity index (χ1) is 8.10. The van der Waals surface area contributed by atoms with Crippen LogP contribution in [0.3, 0.4) is 0 Å². The molecule has 0 fully saturated rings. The Labute approximate surface area is 105 Å². The Kier molecular flexibility index (Phi) is 5.47. The second-order valence-corrected chi connectivity index (χ2v) is 5.81. The van der Waals surface area contributed by atoms with Crippen molar-refractivity contribution in [1.82, 2.24) is 9.78 Å². The maximum absolute atomic E-state index is 11.3. The van der Waals surface area contributed by atoms with Crippen LogP contribution in [-0.4, -0.2) is 32.0 Å². The van der Waals surface area contributed by atoms with E-state index in [4.69, 9.17) is 5.73 Å². The number of nitrogens with two attached hydrogens (primary N) is 1. The highest BCUT2D eigenvalue weighted by molar-refractivity contribution is 7.84. The molecular weight excluding hydrogens is 236 g/mol. The number of nitrogens with one attached hydrogen (secondary N) is 1. The first-order valence-corrected chi connectivity index (χ1v) is 7.49. The van der Waals surface area contributed by atoms with Crippen LogP contribution in [0.5, 0.6) is 0 Å². The van der Waals surface area contributed by atoms with Crippen LogP contribution in [0.15, 0.2) is 0 Å². The molecule has 0 spiro atoms. The molecule has 0 saturated heterocycles. The van der Waals surface area contributed by atoms with Gasteiger partial charge in [-0.3, -0.25) is 8.89 Å². The van der Waals surface area contributed by atoms with Gasteiger partial charge in [0.25, 0.3) is 0 Å². The molecule has 1 aromatic rings. The zero-order chi connectivity index (χ0) is 12.8. The molecule has 5 nitrogen and oxygen atoms in total. The minimum Gasteiger partial charge on any atom is -0.394 e. The lowest BCUT2D eigenvalue weighted by atomic mass is 10.2. The molecule has 0 bridgehead atoms. The van der Waals surface area contributed by atoms with Crippen LogP contribution >= 0.6 is 0 Å². The molecule has 0 aromatic carbocycles. The van der Waals surface area contributed by atoms with E-state index in [1.807, 2.05) is 14.0 Å². The fourth-order valence-corrected chi connectivity index (χ4v) is 2.27. The molecule has 1 heterocycles. The highest BCUT2D eigenvalue weighted by Crippen LogP contribution is 2.22. The molecule has 0 aliphatic rings. The molecule has 0 aliphatic heterocycles. The average Bonchev–Trinajstić information content (AvgIpc) is 2.57. The Balaban J connectivity index is 2.61. The summed E-state index contributed by atoms with van der Waals surface area (Å²) in [6.45, 7) is 4.69.